The number of rotatable bonds is 9. The van der Waals surface area contributed by atoms with Crippen LogP contribution in [0.2, 0.25) is 0 Å². The van der Waals surface area contributed by atoms with Crippen molar-refractivity contribution in [2.75, 3.05) is 4.90 Å². The first-order valence-electron chi connectivity index (χ1n) is 20.2. The third-order valence-electron chi connectivity index (χ3n) is 11.3. The van der Waals surface area contributed by atoms with E-state index >= 15 is 0 Å². The molecule has 0 N–H and O–H groups in total. The molecular formula is C58H41N. The standard InChI is InChI=1S/C58H41N/c1-5-15-42(16-6-1)49-33-38-56(46-19-9-3-10-20-46)57(40-49)47-27-25-44(26-28-47)45-29-34-53(35-30-45)59(52-22-11-4-12-23-52)54-36-31-48(32-37-54)58-41-51(43-17-7-2-8-18-43)39-50-21-13-14-24-55(50)58/h1-41H. The van der Waals surface area contributed by atoms with Crippen molar-refractivity contribution in [2.24, 2.45) is 0 Å². The fourth-order valence-corrected chi connectivity index (χ4v) is 8.27. The first-order valence-corrected chi connectivity index (χ1v) is 20.2. The number of para-hydroxylation sites is 1. The minimum Gasteiger partial charge on any atom is -0.311 e. The maximum Gasteiger partial charge on any atom is 0.0462 e. The van der Waals surface area contributed by atoms with Crippen molar-refractivity contribution in [3.8, 4) is 66.8 Å². The largest absolute Gasteiger partial charge is 0.311 e. The van der Waals surface area contributed by atoms with Crippen LogP contribution in [0.5, 0.6) is 0 Å². The zero-order valence-corrected chi connectivity index (χ0v) is 32.6. The summed E-state index contributed by atoms with van der Waals surface area (Å²) < 4.78 is 0. The Hall–Kier alpha value is -7.74. The van der Waals surface area contributed by atoms with Gasteiger partial charge in [0.15, 0.2) is 0 Å². The molecule has 1 nitrogen and oxygen atoms in total. The lowest BCUT2D eigenvalue weighted by Gasteiger charge is -2.26. The number of nitrogens with zero attached hydrogens (tertiary/aromatic N) is 1. The van der Waals surface area contributed by atoms with Crippen molar-refractivity contribution in [3.63, 3.8) is 0 Å². The normalized spacial score (nSPS) is 11.1. The summed E-state index contributed by atoms with van der Waals surface area (Å²) in [6.07, 6.45) is 0. The van der Waals surface area contributed by atoms with Crippen LogP contribution in [0.15, 0.2) is 249 Å². The Bertz CT molecular complexity index is 2970. The van der Waals surface area contributed by atoms with E-state index in [9.17, 15) is 0 Å². The summed E-state index contributed by atoms with van der Waals surface area (Å²) in [7, 11) is 0. The van der Waals surface area contributed by atoms with Crippen molar-refractivity contribution in [1.82, 2.24) is 0 Å². The number of hydrogen-bond donors (Lipinski definition) is 0. The fourth-order valence-electron chi connectivity index (χ4n) is 8.27. The second kappa shape index (κ2) is 16.0. The van der Waals surface area contributed by atoms with Crippen molar-refractivity contribution >= 4 is 27.8 Å². The average Bonchev–Trinajstić information content (AvgIpc) is 3.33. The van der Waals surface area contributed by atoms with Gasteiger partial charge in [0, 0.05) is 17.1 Å². The van der Waals surface area contributed by atoms with E-state index in [1.807, 2.05) is 0 Å². The van der Waals surface area contributed by atoms with Crippen molar-refractivity contribution in [1.29, 1.82) is 0 Å². The molecule has 0 amide bonds. The van der Waals surface area contributed by atoms with Crippen LogP contribution in [0, 0.1) is 0 Å². The van der Waals surface area contributed by atoms with E-state index in [0.29, 0.717) is 0 Å². The molecule has 0 aromatic heterocycles. The molecule has 0 aliphatic rings. The van der Waals surface area contributed by atoms with Gasteiger partial charge in [0.2, 0.25) is 0 Å². The molecule has 1 heteroatoms. The Balaban J connectivity index is 0.967. The molecule has 278 valence electrons. The van der Waals surface area contributed by atoms with Gasteiger partial charge in [-0.05, 0) is 132 Å². The van der Waals surface area contributed by atoms with Gasteiger partial charge in [-0.15, -0.1) is 0 Å². The van der Waals surface area contributed by atoms with Crippen LogP contribution in [0.1, 0.15) is 0 Å². The lowest BCUT2D eigenvalue weighted by Crippen LogP contribution is -2.09. The first kappa shape index (κ1) is 35.7. The molecule has 0 saturated heterocycles. The Morgan fingerprint density at radius 2 is 0.576 bits per heavy atom. The lowest BCUT2D eigenvalue weighted by atomic mass is 9.90. The predicted molar refractivity (Wildman–Crippen MR) is 251 cm³/mol. The van der Waals surface area contributed by atoms with Crippen LogP contribution in [0.3, 0.4) is 0 Å². The Morgan fingerprint density at radius 3 is 1.19 bits per heavy atom. The topological polar surface area (TPSA) is 3.24 Å². The molecule has 0 aliphatic carbocycles. The van der Waals surface area contributed by atoms with E-state index in [0.717, 1.165) is 17.1 Å². The molecule has 0 aliphatic heterocycles. The van der Waals surface area contributed by atoms with Crippen LogP contribution in [0.25, 0.3) is 77.5 Å². The Morgan fingerprint density at radius 1 is 0.203 bits per heavy atom. The summed E-state index contributed by atoms with van der Waals surface area (Å²) in [6.45, 7) is 0. The van der Waals surface area contributed by atoms with Crippen molar-refractivity contribution in [3.05, 3.63) is 249 Å². The molecule has 0 fully saturated rings. The molecule has 10 rings (SSSR count). The molecule has 0 heterocycles. The maximum absolute atomic E-state index is 2.33. The third kappa shape index (κ3) is 7.34. The quantitative estimate of drug-likeness (QED) is 0.142. The van der Waals surface area contributed by atoms with E-state index in [2.05, 4.69) is 254 Å². The minimum absolute atomic E-state index is 1.10. The number of fused-ring (bicyclic) bond motifs is 1. The summed E-state index contributed by atoms with van der Waals surface area (Å²) in [5, 5.41) is 2.49. The average molecular weight is 752 g/mol. The fraction of sp³-hybridized carbons (Fsp3) is 0. The second-order valence-electron chi connectivity index (χ2n) is 14.9. The molecular weight excluding hydrogens is 711 g/mol. The zero-order valence-electron chi connectivity index (χ0n) is 32.6. The molecule has 0 saturated carbocycles. The predicted octanol–water partition coefficient (Wildman–Crippen LogP) is 16.3. The van der Waals surface area contributed by atoms with Gasteiger partial charge in [-0.1, -0.05) is 194 Å². The highest BCUT2D eigenvalue weighted by atomic mass is 15.1. The van der Waals surface area contributed by atoms with Gasteiger partial charge in [0.05, 0.1) is 0 Å². The van der Waals surface area contributed by atoms with Gasteiger partial charge < -0.3 is 4.90 Å². The van der Waals surface area contributed by atoms with Gasteiger partial charge in [-0.3, -0.25) is 0 Å². The highest BCUT2D eigenvalue weighted by Gasteiger charge is 2.15. The summed E-state index contributed by atoms with van der Waals surface area (Å²) in [5.74, 6) is 0. The Kier molecular flexibility index (Phi) is 9.68. The smallest absolute Gasteiger partial charge is 0.0462 e. The minimum atomic E-state index is 1.10. The van der Waals surface area contributed by atoms with E-state index in [4.69, 9.17) is 0 Å². The molecule has 59 heavy (non-hydrogen) atoms. The van der Waals surface area contributed by atoms with Crippen LogP contribution >= 0.6 is 0 Å². The maximum atomic E-state index is 2.33. The molecule has 0 unspecified atom stereocenters. The summed E-state index contributed by atoms with van der Waals surface area (Å²) >= 11 is 0. The molecule has 10 aromatic carbocycles. The lowest BCUT2D eigenvalue weighted by molar-refractivity contribution is 1.28. The van der Waals surface area contributed by atoms with E-state index in [1.165, 1.54) is 77.5 Å². The van der Waals surface area contributed by atoms with E-state index in [1.54, 1.807) is 0 Å². The number of benzene rings is 10. The first-order chi connectivity index (χ1) is 29.2. The Labute approximate surface area is 346 Å². The SMILES string of the molecule is c1ccc(-c2ccc(-c3ccccc3)c(-c3ccc(-c4ccc(N(c5ccccc5)c5ccc(-c6cc(-c7ccccc7)cc7ccccc67)cc5)cc4)cc3)c2)cc1. The highest BCUT2D eigenvalue weighted by Crippen LogP contribution is 2.40. The summed E-state index contributed by atoms with van der Waals surface area (Å²) in [5.41, 5.74) is 17.8. The van der Waals surface area contributed by atoms with Gasteiger partial charge >= 0.3 is 0 Å². The van der Waals surface area contributed by atoms with E-state index in [-0.39, 0.29) is 0 Å². The van der Waals surface area contributed by atoms with Gasteiger partial charge in [-0.2, -0.15) is 0 Å². The van der Waals surface area contributed by atoms with E-state index < -0.39 is 0 Å². The van der Waals surface area contributed by atoms with Gasteiger partial charge in [-0.25, -0.2) is 0 Å². The number of hydrogen-bond acceptors (Lipinski definition) is 1. The van der Waals surface area contributed by atoms with Crippen LogP contribution in [0.4, 0.5) is 17.1 Å². The summed E-state index contributed by atoms with van der Waals surface area (Å²) in [4.78, 5) is 2.33. The number of anilines is 3. The van der Waals surface area contributed by atoms with Crippen LogP contribution in [-0.2, 0) is 0 Å². The zero-order chi connectivity index (χ0) is 39.4. The molecule has 0 spiro atoms. The van der Waals surface area contributed by atoms with Gasteiger partial charge in [0.1, 0.15) is 0 Å². The molecule has 0 radical (unpaired) electrons. The molecule has 10 aromatic rings. The van der Waals surface area contributed by atoms with Crippen molar-refractivity contribution in [2.45, 2.75) is 0 Å². The van der Waals surface area contributed by atoms with Crippen molar-refractivity contribution < 1.29 is 0 Å². The van der Waals surface area contributed by atoms with Crippen LogP contribution in [-0.4, -0.2) is 0 Å². The molecule has 0 bridgehead atoms. The van der Waals surface area contributed by atoms with Crippen LogP contribution < -0.4 is 4.90 Å². The highest BCUT2D eigenvalue weighted by molar-refractivity contribution is 6.00. The summed E-state index contributed by atoms with van der Waals surface area (Å²) in [6, 6.07) is 89.7. The molecule has 0 atom stereocenters. The monoisotopic (exact) mass is 751 g/mol. The third-order valence-corrected chi connectivity index (χ3v) is 11.3. The second-order valence-corrected chi connectivity index (χ2v) is 14.9. The van der Waals surface area contributed by atoms with Gasteiger partial charge in [0.25, 0.3) is 0 Å².